The van der Waals surface area contributed by atoms with Gasteiger partial charge in [-0.1, -0.05) is 12.1 Å². The Balaban J connectivity index is 1.43. The molecule has 0 spiro atoms. The Kier molecular flexibility index (Phi) is 5.27. The predicted octanol–water partition coefficient (Wildman–Crippen LogP) is 3.13. The maximum absolute atomic E-state index is 12.0. The molecule has 0 atom stereocenters. The molecule has 1 aromatic carbocycles. The fourth-order valence-corrected chi connectivity index (χ4v) is 3.71. The van der Waals surface area contributed by atoms with Crippen molar-refractivity contribution in [1.29, 1.82) is 0 Å². The smallest absolute Gasteiger partial charge is 0.319 e. The summed E-state index contributed by atoms with van der Waals surface area (Å²) in [7, 11) is 0. The van der Waals surface area contributed by atoms with E-state index in [1.165, 1.54) is 17.4 Å². The Labute approximate surface area is 145 Å². The third-order valence-corrected chi connectivity index (χ3v) is 5.15. The number of carbonyl (C=O) groups is 2. The van der Waals surface area contributed by atoms with Crippen LogP contribution in [0.25, 0.3) is 0 Å². The fourth-order valence-electron chi connectivity index (χ4n) is 2.82. The van der Waals surface area contributed by atoms with Gasteiger partial charge >= 0.3 is 6.03 Å². The molecule has 2 amide bonds. The summed E-state index contributed by atoms with van der Waals surface area (Å²) in [4.78, 5) is 27.2. The van der Waals surface area contributed by atoms with Gasteiger partial charge in [0.05, 0.1) is 0 Å². The first-order valence-corrected chi connectivity index (χ1v) is 8.93. The van der Waals surface area contributed by atoms with E-state index in [0.29, 0.717) is 17.8 Å². The standard InChI is InChI=1S/C18H21N3O2S/c1-13(22)14-3-2-4-16(11-14)20-18(23)19-7-9-21-8-5-17-15(12-21)6-10-24-17/h2-4,6,10-11H,5,7-9,12H2,1H3,(H2,19,20,23). The van der Waals surface area contributed by atoms with Crippen LogP contribution in [0.15, 0.2) is 35.7 Å². The highest BCUT2D eigenvalue weighted by atomic mass is 32.1. The van der Waals surface area contributed by atoms with Crippen LogP contribution in [0.5, 0.6) is 0 Å². The highest BCUT2D eigenvalue weighted by Gasteiger charge is 2.16. The van der Waals surface area contributed by atoms with Crippen molar-refractivity contribution in [3.8, 4) is 0 Å². The van der Waals surface area contributed by atoms with Crippen molar-refractivity contribution in [3.05, 3.63) is 51.7 Å². The van der Waals surface area contributed by atoms with E-state index in [1.54, 1.807) is 24.3 Å². The fraction of sp³-hybridized carbons (Fsp3) is 0.333. The molecule has 0 radical (unpaired) electrons. The van der Waals surface area contributed by atoms with Gasteiger partial charge in [0.2, 0.25) is 0 Å². The van der Waals surface area contributed by atoms with E-state index in [1.807, 2.05) is 11.3 Å². The highest BCUT2D eigenvalue weighted by molar-refractivity contribution is 7.10. The summed E-state index contributed by atoms with van der Waals surface area (Å²) < 4.78 is 0. The largest absolute Gasteiger partial charge is 0.337 e. The maximum atomic E-state index is 12.0. The van der Waals surface area contributed by atoms with Crippen molar-refractivity contribution < 1.29 is 9.59 Å². The van der Waals surface area contributed by atoms with E-state index in [9.17, 15) is 9.59 Å². The van der Waals surface area contributed by atoms with Crippen LogP contribution in [-0.4, -0.2) is 36.3 Å². The van der Waals surface area contributed by atoms with Gasteiger partial charge in [-0.3, -0.25) is 9.69 Å². The number of ketones is 1. The molecular weight excluding hydrogens is 322 g/mol. The van der Waals surface area contributed by atoms with E-state index in [0.717, 1.165) is 26.1 Å². The van der Waals surface area contributed by atoms with Gasteiger partial charge in [-0.15, -0.1) is 11.3 Å². The number of nitrogens with one attached hydrogen (secondary N) is 2. The molecule has 3 rings (SSSR count). The Hall–Kier alpha value is -2.18. The molecule has 2 N–H and O–H groups in total. The maximum Gasteiger partial charge on any atom is 0.319 e. The number of nitrogens with zero attached hydrogens (tertiary/aromatic N) is 1. The van der Waals surface area contributed by atoms with Gasteiger partial charge in [0.25, 0.3) is 0 Å². The van der Waals surface area contributed by atoms with E-state index >= 15 is 0 Å². The summed E-state index contributed by atoms with van der Waals surface area (Å²) in [5.74, 6) is -0.0167. The lowest BCUT2D eigenvalue weighted by molar-refractivity contribution is 0.101. The van der Waals surface area contributed by atoms with Crippen LogP contribution in [0.4, 0.5) is 10.5 Å². The lowest BCUT2D eigenvalue weighted by Crippen LogP contribution is -2.38. The van der Waals surface area contributed by atoms with Crippen LogP contribution in [0.1, 0.15) is 27.7 Å². The number of rotatable bonds is 5. The lowest BCUT2D eigenvalue weighted by Gasteiger charge is -2.26. The molecule has 6 heteroatoms. The third-order valence-electron chi connectivity index (χ3n) is 4.13. The molecule has 1 aliphatic rings. The van der Waals surface area contributed by atoms with Gasteiger partial charge in [0.1, 0.15) is 0 Å². The molecule has 0 bridgehead atoms. The average molecular weight is 343 g/mol. The number of amides is 2. The number of anilines is 1. The molecule has 126 valence electrons. The van der Waals surface area contributed by atoms with Gasteiger partial charge in [-0.2, -0.15) is 0 Å². The molecule has 0 aliphatic carbocycles. The SMILES string of the molecule is CC(=O)c1cccc(NC(=O)NCCN2CCc3sccc3C2)c1. The summed E-state index contributed by atoms with van der Waals surface area (Å²) in [5, 5.41) is 7.79. The van der Waals surface area contributed by atoms with E-state index in [4.69, 9.17) is 0 Å². The molecule has 24 heavy (non-hydrogen) atoms. The number of hydrogen-bond acceptors (Lipinski definition) is 4. The minimum atomic E-state index is -0.246. The van der Waals surface area contributed by atoms with E-state index in [2.05, 4.69) is 27.0 Å². The molecule has 5 nitrogen and oxygen atoms in total. The molecule has 0 unspecified atom stereocenters. The van der Waals surface area contributed by atoms with Gasteiger partial charge in [0.15, 0.2) is 5.78 Å². The van der Waals surface area contributed by atoms with Gasteiger partial charge in [-0.05, 0) is 42.5 Å². The number of benzene rings is 1. The van der Waals surface area contributed by atoms with Gasteiger partial charge in [-0.25, -0.2) is 4.79 Å². The number of Topliss-reactive ketones (excluding diaryl/α,β-unsaturated/α-hetero) is 1. The molecule has 1 aliphatic heterocycles. The zero-order valence-corrected chi connectivity index (χ0v) is 14.5. The molecule has 2 heterocycles. The van der Waals surface area contributed by atoms with Crippen molar-refractivity contribution in [2.75, 3.05) is 25.0 Å². The van der Waals surface area contributed by atoms with E-state index < -0.39 is 0 Å². The monoisotopic (exact) mass is 343 g/mol. The van der Waals surface area contributed by atoms with Crippen molar-refractivity contribution in [2.45, 2.75) is 19.9 Å². The second kappa shape index (κ2) is 7.59. The van der Waals surface area contributed by atoms with Crippen LogP contribution in [-0.2, 0) is 13.0 Å². The second-order valence-electron chi connectivity index (χ2n) is 5.91. The average Bonchev–Trinajstić information content (AvgIpc) is 3.02. The number of fused-ring (bicyclic) bond motifs is 1. The van der Waals surface area contributed by atoms with Crippen molar-refractivity contribution in [1.82, 2.24) is 10.2 Å². The number of urea groups is 1. The molecule has 0 fully saturated rings. The first-order valence-electron chi connectivity index (χ1n) is 8.05. The van der Waals surface area contributed by atoms with Crippen molar-refractivity contribution in [3.63, 3.8) is 0 Å². The normalized spacial score (nSPS) is 14.0. The Bertz CT molecular complexity index is 741. The summed E-state index contributed by atoms with van der Waals surface area (Å²) in [5.41, 5.74) is 2.63. The first-order chi connectivity index (χ1) is 11.6. The van der Waals surface area contributed by atoms with E-state index in [-0.39, 0.29) is 11.8 Å². The summed E-state index contributed by atoms with van der Waals surface area (Å²) in [6, 6.07) is 8.90. The molecule has 0 saturated carbocycles. The predicted molar refractivity (Wildman–Crippen MR) is 96.8 cm³/mol. The molecule has 2 aromatic rings. The van der Waals surface area contributed by atoms with Crippen LogP contribution in [0, 0.1) is 0 Å². The highest BCUT2D eigenvalue weighted by Crippen LogP contribution is 2.23. The second-order valence-corrected chi connectivity index (χ2v) is 6.91. The summed E-state index contributed by atoms with van der Waals surface area (Å²) >= 11 is 1.83. The van der Waals surface area contributed by atoms with Crippen molar-refractivity contribution in [2.24, 2.45) is 0 Å². The van der Waals surface area contributed by atoms with Crippen LogP contribution < -0.4 is 10.6 Å². The third kappa shape index (κ3) is 4.21. The quantitative estimate of drug-likeness (QED) is 0.820. The lowest BCUT2D eigenvalue weighted by atomic mass is 10.1. The summed E-state index contributed by atoms with van der Waals surface area (Å²) in [6.45, 7) is 4.94. The Morgan fingerprint density at radius 2 is 2.17 bits per heavy atom. The Morgan fingerprint density at radius 3 is 3.00 bits per heavy atom. The van der Waals surface area contributed by atoms with Gasteiger partial charge < -0.3 is 10.6 Å². The zero-order chi connectivity index (χ0) is 16.9. The zero-order valence-electron chi connectivity index (χ0n) is 13.7. The van der Waals surface area contributed by atoms with Crippen molar-refractivity contribution >= 4 is 28.8 Å². The molecular formula is C18H21N3O2S. The minimum absolute atomic E-state index is 0.0167. The number of carbonyl (C=O) groups excluding carboxylic acids is 2. The minimum Gasteiger partial charge on any atom is -0.337 e. The summed E-state index contributed by atoms with van der Waals surface area (Å²) in [6.07, 6.45) is 1.09. The van der Waals surface area contributed by atoms with Crippen LogP contribution >= 0.6 is 11.3 Å². The molecule has 0 saturated heterocycles. The Morgan fingerprint density at radius 1 is 1.29 bits per heavy atom. The van der Waals surface area contributed by atoms with Gasteiger partial charge in [0, 0.05) is 42.3 Å². The molecule has 1 aromatic heterocycles. The number of hydrogen-bond donors (Lipinski definition) is 2. The first kappa shape index (κ1) is 16.7. The number of thiophene rings is 1. The van der Waals surface area contributed by atoms with Crippen LogP contribution in [0.3, 0.4) is 0 Å². The van der Waals surface area contributed by atoms with Crippen LogP contribution in [0.2, 0.25) is 0 Å². The topological polar surface area (TPSA) is 61.4 Å².